The molecule has 0 aliphatic carbocycles. The maximum absolute atomic E-state index is 4.42. The van der Waals surface area contributed by atoms with Crippen molar-refractivity contribution in [1.29, 1.82) is 0 Å². The number of aromatic nitrogens is 4. The van der Waals surface area contributed by atoms with Crippen molar-refractivity contribution in [2.24, 2.45) is 5.92 Å². The van der Waals surface area contributed by atoms with E-state index in [9.17, 15) is 0 Å². The summed E-state index contributed by atoms with van der Waals surface area (Å²) in [6.07, 6.45) is 4.54. The lowest BCUT2D eigenvalue weighted by Gasteiger charge is -2.01. The standard InChI is InChI=1S/C12H17N5S/c1-8(2)4-10-16-12(18-17-10)15-7-11-13-5-9(3)6-14-11/h5-6,8H,4,7H2,1-3H3,(H,15,16,17). The van der Waals surface area contributed by atoms with Crippen LogP contribution in [0.3, 0.4) is 0 Å². The number of nitrogens with zero attached hydrogens (tertiary/aromatic N) is 4. The molecule has 0 amide bonds. The fourth-order valence-corrected chi connectivity index (χ4v) is 2.03. The third kappa shape index (κ3) is 3.73. The molecule has 2 aromatic rings. The Hall–Kier alpha value is -1.56. The zero-order valence-corrected chi connectivity index (χ0v) is 11.7. The highest BCUT2D eigenvalue weighted by atomic mass is 32.1. The van der Waals surface area contributed by atoms with Crippen LogP contribution in [-0.2, 0) is 13.0 Å². The second-order valence-corrected chi connectivity index (χ2v) is 5.40. The van der Waals surface area contributed by atoms with E-state index in [4.69, 9.17) is 0 Å². The smallest absolute Gasteiger partial charge is 0.202 e. The van der Waals surface area contributed by atoms with Crippen LogP contribution in [0.4, 0.5) is 5.13 Å². The van der Waals surface area contributed by atoms with Gasteiger partial charge < -0.3 is 5.32 Å². The second kappa shape index (κ2) is 5.86. The van der Waals surface area contributed by atoms with Gasteiger partial charge in [-0.25, -0.2) is 15.0 Å². The molecule has 0 atom stereocenters. The van der Waals surface area contributed by atoms with Crippen molar-refractivity contribution in [2.45, 2.75) is 33.7 Å². The average Bonchev–Trinajstić information content (AvgIpc) is 2.75. The zero-order chi connectivity index (χ0) is 13.0. The summed E-state index contributed by atoms with van der Waals surface area (Å²) < 4.78 is 4.31. The Kier molecular flexibility index (Phi) is 4.19. The Morgan fingerprint density at radius 1 is 1.22 bits per heavy atom. The maximum Gasteiger partial charge on any atom is 0.202 e. The van der Waals surface area contributed by atoms with Crippen LogP contribution >= 0.6 is 11.5 Å². The molecule has 0 saturated heterocycles. The summed E-state index contributed by atoms with van der Waals surface area (Å²) in [5.74, 6) is 2.25. The highest BCUT2D eigenvalue weighted by Gasteiger charge is 2.06. The summed E-state index contributed by atoms with van der Waals surface area (Å²) in [4.78, 5) is 12.9. The average molecular weight is 263 g/mol. The van der Waals surface area contributed by atoms with E-state index in [0.29, 0.717) is 12.5 Å². The SMILES string of the molecule is Cc1cnc(CNc2nc(CC(C)C)ns2)nc1. The van der Waals surface area contributed by atoms with Gasteiger partial charge in [0.1, 0.15) is 11.6 Å². The first-order valence-corrected chi connectivity index (χ1v) is 6.75. The molecule has 2 aromatic heterocycles. The van der Waals surface area contributed by atoms with Crippen molar-refractivity contribution in [3.63, 3.8) is 0 Å². The third-order valence-corrected chi connectivity index (χ3v) is 3.00. The van der Waals surface area contributed by atoms with Crippen LogP contribution in [0.2, 0.25) is 0 Å². The third-order valence-electron chi connectivity index (χ3n) is 2.29. The maximum atomic E-state index is 4.42. The lowest BCUT2D eigenvalue weighted by atomic mass is 10.1. The van der Waals surface area contributed by atoms with E-state index in [1.807, 2.05) is 19.3 Å². The van der Waals surface area contributed by atoms with Gasteiger partial charge in [-0.1, -0.05) is 13.8 Å². The molecule has 18 heavy (non-hydrogen) atoms. The first-order valence-electron chi connectivity index (χ1n) is 5.97. The van der Waals surface area contributed by atoms with E-state index in [2.05, 4.69) is 38.5 Å². The molecule has 0 spiro atoms. The highest BCUT2D eigenvalue weighted by molar-refractivity contribution is 7.09. The lowest BCUT2D eigenvalue weighted by Crippen LogP contribution is -2.04. The number of hydrogen-bond acceptors (Lipinski definition) is 6. The van der Waals surface area contributed by atoms with Crippen LogP contribution in [-0.4, -0.2) is 19.3 Å². The van der Waals surface area contributed by atoms with Gasteiger partial charge in [-0.3, -0.25) is 0 Å². The molecule has 2 rings (SSSR count). The molecule has 0 unspecified atom stereocenters. The minimum absolute atomic E-state index is 0.577. The lowest BCUT2D eigenvalue weighted by molar-refractivity contribution is 0.627. The van der Waals surface area contributed by atoms with Gasteiger partial charge in [0.15, 0.2) is 0 Å². The Labute approximate surface area is 111 Å². The van der Waals surface area contributed by atoms with Crippen LogP contribution in [0.15, 0.2) is 12.4 Å². The zero-order valence-electron chi connectivity index (χ0n) is 10.8. The number of aryl methyl sites for hydroxylation is 1. The van der Waals surface area contributed by atoms with Crippen molar-refractivity contribution in [2.75, 3.05) is 5.32 Å². The summed E-state index contributed by atoms with van der Waals surface area (Å²) in [5.41, 5.74) is 1.06. The van der Waals surface area contributed by atoms with Crippen LogP contribution in [0.25, 0.3) is 0 Å². The van der Waals surface area contributed by atoms with Crippen LogP contribution in [0, 0.1) is 12.8 Å². The number of rotatable bonds is 5. The Morgan fingerprint density at radius 2 is 1.94 bits per heavy atom. The first kappa shape index (κ1) is 12.9. The molecule has 5 nitrogen and oxygen atoms in total. The summed E-state index contributed by atoms with van der Waals surface area (Å²) >= 11 is 1.39. The van der Waals surface area contributed by atoms with Gasteiger partial charge in [-0.05, 0) is 18.4 Å². The van der Waals surface area contributed by atoms with Crippen molar-refractivity contribution < 1.29 is 0 Å². The van der Waals surface area contributed by atoms with E-state index in [1.165, 1.54) is 11.5 Å². The molecule has 96 valence electrons. The van der Waals surface area contributed by atoms with Gasteiger partial charge in [0.05, 0.1) is 6.54 Å². The minimum atomic E-state index is 0.577. The Balaban J connectivity index is 1.90. The Morgan fingerprint density at radius 3 is 2.61 bits per heavy atom. The van der Waals surface area contributed by atoms with E-state index >= 15 is 0 Å². The Bertz CT molecular complexity index is 491. The summed E-state index contributed by atoms with van der Waals surface area (Å²) in [7, 11) is 0. The van der Waals surface area contributed by atoms with E-state index < -0.39 is 0 Å². The second-order valence-electron chi connectivity index (χ2n) is 4.64. The molecule has 0 saturated carbocycles. The van der Waals surface area contributed by atoms with Gasteiger partial charge in [0.25, 0.3) is 0 Å². The predicted molar refractivity (Wildman–Crippen MR) is 72.5 cm³/mol. The predicted octanol–water partition coefficient (Wildman–Crippen LogP) is 2.45. The molecule has 2 heterocycles. The molecule has 0 aromatic carbocycles. The molecule has 0 fully saturated rings. The monoisotopic (exact) mass is 263 g/mol. The molecule has 0 radical (unpaired) electrons. The molecule has 0 aliphatic rings. The van der Waals surface area contributed by atoms with Gasteiger partial charge in [-0.2, -0.15) is 4.37 Å². The van der Waals surface area contributed by atoms with Gasteiger partial charge in [0.2, 0.25) is 5.13 Å². The molecular weight excluding hydrogens is 246 g/mol. The largest absolute Gasteiger partial charge is 0.353 e. The van der Waals surface area contributed by atoms with Crippen LogP contribution in [0.5, 0.6) is 0 Å². The van der Waals surface area contributed by atoms with Crippen LogP contribution in [0.1, 0.15) is 31.1 Å². The van der Waals surface area contributed by atoms with Crippen LogP contribution < -0.4 is 5.32 Å². The normalized spacial score (nSPS) is 10.9. The number of nitrogens with one attached hydrogen (secondary N) is 1. The quantitative estimate of drug-likeness (QED) is 0.897. The molecule has 0 aliphatic heterocycles. The summed E-state index contributed by atoms with van der Waals surface area (Å²) in [5, 5.41) is 4.02. The molecule has 0 bridgehead atoms. The van der Waals surface area contributed by atoms with Gasteiger partial charge in [-0.15, -0.1) is 0 Å². The fraction of sp³-hybridized carbons (Fsp3) is 0.500. The summed E-state index contributed by atoms with van der Waals surface area (Å²) in [6, 6.07) is 0. The number of hydrogen-bond donors (Lipinski definition) is 1. The van der Waals surface area contributed by atoms with Crippen molar-refractivity contribution in [3.8, 4) is 0 Å². The van der Waals surface area contributed by atoms with Crippen molar-refractivity contribution >= 4 is 16.7 Å². The van der Waals surface area contributed by atoms with Crippen molar-refractivity contribution in [3.05, 3.63) is 29.6 Å². The summed E-state index contributed by atoms with van der Waals surface area (Å²) in [6.45, 7) is 6.87. The van der Waals surface area contributed by atoms with Gasteiger partial charge >= 0.3 is 0 Å². The molecular formula is C12H17N5S. The van der Waals surface area contributed by atoms with E-state index in [-0.39, 0.29) is 0 Å². The molecule has 1 N–H and O–H groups in total. The molecule has 6 heteroatoms. The van der Waals surface area contributed by atoms with E-state index in [0.717, 1.165) is 28.8 Å². The van der Waals surface area contributed by atoms with Crippen molar-refractivity contribution in [1.82, 2.24) is 19.3 Å². The highest BCUT2D eigenvalue weighted by Crippen LogP contribution is 2.14. The van der Waals surface area contributed by atoms with E-state index in [1.54, 1.807) is 0 Å². The van der Waals surface area contributed by atoms with Gasteiger partial charge in [0, 0.05) is 30.3 Å². The topological polar surface area (TPSA) is 63.6 Å². The first-order chi connectivity index (χ1) is 8.63. The fourth-order valence-electron chi connectivity index (χ4n) is 1.44. The minimum Gasteiger partial charge on any atom is -0.353 e. The number of anilines is 1.